The molecular formula is C14H21N3O3. The zero-order chi connectivity index (χ0) is 14.4. The van der Waals surface area contributed by atoms with Crippen LogP contribution in [0.2, 0.25) is 0 Å². The average molecular weight is 279 g/mol. The molecule has 6 heteroatoms. The van der Waals surface area contributed by atoms with Crippen LogP contribution in [0.5, 0.6) is 0 Å². The van der Waals surface area contributed by atoms with Gasteiger partial charge in [-0.3, -0.25) is 14.3 Å². The quantitative estimate of drug-likeness (QED) is 0.883. The van der Waals surface area contributed by atoms with Crippen LogP contribution >= 0.6 is 0 Å². The van der Waals surface area contributed by atoms with Crippen LogP contribution in [0.1, 0.15) is 32.1 Å². The Morgan fingerprint density at radius 2 is 2.15 bits per heavy atom. The molecule has 1 N–H and O–H groups in total. The number of carboxylic acids is 1. The molecular weight excluding hydrogens is 258 g/mol. The lowest BCUT2D eigenvalue weighted by molar-refractivity contribution is -0.138. The van der Waals surface area contributed by atoms with Crippen molar-refractivity contribution in [2.24, 2.45) is 5.92 Å². The maximum atomic E-state index is 12.1. The summed E-state index contributed by atoms with van der Waals surface area (Å²) in [6, 6.07) is 1.84. The zero-order valence-electron chi connectivity index (χ0n) is 11.6. The minimum atomic E-state index is -0.742. The van der Waals surface area contributed by atoms with E-state index in [0.717, 1.165) is 25.8 Å². The van der Waals surface area contributed by atoms with E-state index in [1.807, 2.05) is 17.2 Å². The predicted octanol–water partition coefficient (Wildman–Crippen LogP) is 1.38. The van der Waals surface area contributed by atoms with Crippen molar-refractivity contribution in [1.29, 1.82) is 0 Å². The molecule has 0 bridgehead atoms. The summed E-state index contributed by atoms with van der Waals surface area (Å²) in [5, 5.41) is 12.9. The Labute approximate surface area is 118 Å². The molecule has 0 radical (unpaired) electrons. The summed E-state index contributed by atoms with van der Waals surface area (Å²) in [6.45, 7) is 2.02. The van der Waals surface area contributed by atoms with E-state index in [1.165, 1.54) is 0 Å². The number of carbonyl (C=O) groups is 2. The van der Waals surface area contributed by atoms with Crippen LogP contribution in [-0.2, 0) is 16.1 Å². The number of rotatable bonds is 5. The van der Waals surface area contributed by atoms with Crippen molar-refractivity contribution in [2.75, 3.05) is 13.1 Å². The van der Waals surface area contributed by atoms with Crippen molar-refractivity contribution >= 4 is 11.9 Å². The standard InChI is InChI=1S/C14H21N3O3/c18-13(5-10-17-8-2-6-15-17)16-7-1-3-12(4-9-16)11-14(19)20/h2,6,8,12H,1,3-5,7,9-11H2,(H,19,20). The molecule has 110 valence electrons. The van der Waals surface area contributed by atoms with Gasteiger partial charge in [-0.05, 0) is 31.2 Å². The first-order valence-electron chi connectivity index (χ1n) is 7.12. The van der Waals surface area contributed by atoms with E-state index in [1.54, 1.807) is 10.9 Å². The Balaban J connectivity index is 1.77. The van der Waals surface area contributed by atoms with Crippen LogP contribution in [-0.4, -0.2) is 44.8 Å². The van der Waals surface area contributed by atoms with Crippen molar-refractivity contribution in [1.82, 2.24) is 14.7 Å². The van der Waals surface area contributed by atoms with Crippen LogP contribution < -0.4 is 0 Å². The van der Waals surface area contributed by atoms with E-state index in [-0.39, 0.29) is 18.2 Å². The Kier molecular flexibility index (Phi) is 5.15. The van der Waals surface area contributed by atoms with Crippen LogP contribution in [0, 0.1) is 5.92 Å². The van der Waals surface area contributed by atoms with Crippen molar-refractivity contribution in [3.05, 3.63) is 18.5 Å². The minimum absolute atomic E-state index is 0.136. The van der Waals surface area contributed by atoms with Crippen LogP contribution in [0.25, 0.3) is 0 Å². The minimum Gasteiger partial charge on any atom is -0.481 e. The highest BCUT2D eigenvalue weighted by molar-refractivity contribution is 5.76. The highest BCUT2D eigenvalue weighted by Gasteiger charge is 2.21. The Morgan fingerprint density at radius 1 is 1.30 bits per heavy atom. The molecule has 1 aliphatic rings. The summed E-state index contributed by atoms with van der Waals surface area (Å²) in [6.07, 6.45) is 6.80. The fraction of sp³-hybridized carbons (Fsp3) is 0.643. The molecule has 0 saturated carbocycles. The van der Waals surface area contributed by atoms with Crippen molar-refractivity contribution < 1.29 is 14.7 Å². The van der Waals surface area contributed by atoms with Gasteiger partial charge in [0.2, 0.25) is 5.91 Å². The third-order valence-electron chi connectivity index (χ3n) is 3.78. The maximum Gasteiger partial charge on any atom is 0.303 e. The predicted molar refractivity (Wildman–Crippen MR) is 73.0 cm³/mol. The van der Waals surface area contributed by atoms with Gasteiger partial charge in [-0.2, -0.15) is 5.10 Å². The topological polar surface area (TPSA) is 75.4 Å². The molecule has 1 amide bonds. The molecule has 1 aromatic heterocycles. The summed E-state index contributed by atoms with van der Waals surface area (Å²) in [4.78, 5) is 24.7. The van der Waals surface area contributed by atoms with Gasteiger partial charge in [-0.1, -0.05) is 0 Å². The van der Waals surface area contributed by atoms with Crippen molar-refractivity contribution in [2.45, 2.75) is 38.6 Å². The number of carbonyl (C=O) groups excluding carboxylic acids is 1. The van der Waals surface area contributed by atoms with Gasteiger partial charge in [-0.15, -0.1) is 0 Å². The number of nitrogens with zero attached hydrogens (tertiary/aromatic N) is 3. The zero-order valence-corrected chi connectivity index (χ0v) is 11.6. The van der Waals surface area contributed by atoms with E-state index < -0.39 is 5.97 Å². The number of aromatic nitrogens is 2. The highest BCUT2D eigenvalue weighted by Crippen LogP contribution is 2.21. The van der Waals surface area contributed by atoms with E-state index in [9.17, 15) is 9.59 Å². The highest BCUT2D eigenvalue weighted by atomic mass is 16.4. The number of aliphatic carboxylic acids is 1. The summed E-state index contributed by atoms with van der Waals surface area (Å²) in [5.74, 6) is -0.402. The molecule has 1 unspecified atom stereocenters. The second-order valence-electron chi connectivity index (χ2n) is 5.29. The lowest BCUT2D eigenvalue weighted by Crippen LogP contribution is -2.32. The van der Waals surface area contributed by atoms with E-state index in [0.29, 0.717) is 19.5 Å². The molecule has 0 spiro atoms. The SMILES string of the molecule is O=C(O)CC1CCCN(C(=O)CCn2cccn2)CC1. The molecule has 1 saturated heterocycles. The smallest absolute Gasteiger partial charge is 0.303 e. The number of amides is 1. The van der Waals surface area contributed by atoms with Gasteiger partial charge in [0.1, 0.15) is 0 Å². The number of hydrogen-bond donors (Lipinski definition) is 1. The number of aryl methyl sites for hydroxylation is 1. The third kappa shape index (κ3) is 4.36. The van der Waals surface area contributed by atoms with Crippen molar-refractivity contribution in [3.8, 4) is 0 Å². The van der Waals surface area contributed by atoms with Crippen LogP contribution in [0.15, 0.2) is 18.5 Å². The summed E-state index contributed by atoms with van der Waals surface area (Å²) >= 11 is 0. The van der Waals surface area contributed by atoms with Crippen LogP contribution in [0.3, 0.4) is 0 Å². The van der Waals surface area contributed by atoms with Gasteiger partial charge in [-0.25, -0.2) is 0 Å². The van der Waals surface area contributed by atoms with E-state index in [4.69, 9.17) is 5.11 Å². The molecule has 0 aromatic carbocycles. The molecule has 1 aliphatic heterocycles. The maximum absolute atomic E-state index is 12.1. The largest absolute Gasteiger partial charge is 0.481 e. The summed E-state index contributed by atoms with van der Waals surface area (Å²) < 4.78 is 1.75. The van der Waals surface area contributed by atoms with Gasteiger partial charge in [0.25, 0.3) is 0 Å². The monoisotopic (exact) mass is 279 g/mol. The third-order valence-corrected chi connectivity index (χ3v) is 3.78. The average Bonchev–Trinajstić information content (AvgIpc) is 2.82. The Hall–Kier alpha value is -1.85. The number of likely N-dealkylation sites (tertiary alicyclic amines) is 1. The summed E-state index contributed by atoms with van der Waals surface area (Å²) in [5.41, 5.74) is 0. The Morgan fingerprint density at radius 3 is 2.85 bits per heavy atom. The summed E-state index contributed by atoms with van der Waals surface area (Å²) in [7, 11) is 0. The lowest BCUT2D eigenvalue weighted by Gasteiger charge is -2.20. The Bertz CT molecular complexity index is 445. The second-order valence-corrected chi connectivity index (χ2v) is 5.29. The molecule has 1 aromatic rings. The van der Waals surface area contributed by atoms with Gasteiger partial charge in [0.15, 0.2) is 0 Å². The molecule has 1 atom stereocenters. The number of hydrogen-bond acceptors (Lipinski definition) is 3. The molecule has 6 nitrogen and oxygen atoms in total. The molecule has 0 aliphatic carbocycles. The normalized spacial score (nSPS) is 19.6. The van der Waals surface area contributed by atoms with E-state index in [2.05, 4.69) is 5.10 Å². The van der Waals surface area contributed by atoms with Gasteiger partial charge >= 0.3 is 5.97 Å². The molecule has 2 heterocycles. The fourth-order valence-electron chi connectivity index (χ4n) is 2.67. The van der Waals surface area contributed by atoms with Gasteiger partial charge in [0, 0.05) is 44.9 Å². The van der Waals surface area contributed by atoms with Gasteiger partial charge < -0.3 is 10.0 Å². The first-order chi connectivity index (χ1) is 9.65. The molecule has 2 rings (SSSR count). The van der Waals surface area contributed by atoms with Crippen molar-refractivity contribution in [3.63, 3.8) is 0 Å². The molecule has 1 fully saturated rings. The molecule has 20 heavy (non-hydrogen) atoms. The van der Waals surface area contributed by atoms with Crippen LogP contribution in [0.4, 0.5) is 0 Å². The lowest BCUT2D eigenvalue weighted by atomic mass is 9.97. The van der Waals surface area contributed by atoms with E-state index >= 15 is 0 Å². The first kappa shape index (κ1) is 14.6. The first-order valence-corrected chi connectivity index (χ1v) is 7.12. The second kappa shape index (κ2) is 7.07. The van der Waals surface area contributed by atoms with Gasteiger partial charge in [0.05, 0.1) is 0 Å². The number of carboxylic acid groups (broad SMARTS) is 1. The fourth-order valence-corrected chi connectivity index (χ4v) is 2.67.